The van der Waals surface area contributed by atoms with Crippen LogP contribution in [0, 0.1) is 0 Å². The highest BCUT2D eigenvalue weighted by Gasteiger charge is 2.25. The molecule has 0 fully saturated rings. The number of nitrogens with one attached hydrogen (secondary N) is 1. The Hall–Kier alpha value is -0.970. The lowest BCUT2D eigenvalue weighted by atomic mass is 10.3. The van der Waals surface area contributed by atoms with Crippen molar-refractivity contribution in [1.29, 1.82) is 0 Å². The van der Waals surface area contributed by atoms with E-state index in [0.29, 0.717) is 10.8 Å². The molecule has 0 atom stereocenters. The van der Waals surface area contributed by atoms with Crippen molar-refractivity contribution in [3.63, 3.8) is 0 Å². The van der Waals surface area contributed by atoms with E-state index in [1.54, 1.807) is 12.1 Å². The summed E-state index contributed by atoms with van der Waals surface area (Å²) in [5.41, 5.74) is 0. The number of rotatable bonds is 4. The smallest absolute Gasteiger partial charge is 0.370 e. The molecule has 0 aromatic carbocycles. The van der Waals surface area contributed by atoms with Crippen LogP contribution in [0.15, 0.2) is 18.3 Å². The van der Waals surface area contributed by atoms with Crippen molar-refractivity contribution in [2.75, 3.05) is 11.9 Å². The molecule has 15 heavy (non-hydrogen) atoms. The largest absolute Gasteiger partial charge is 0.389 e. The van der Waals surface area contributed by atoms with Gasteiger partial charge in [-0.3, -0.25) is 0 Å². The molecule has 1 rings (SSSR count). The van der Waals surface area contributed by atoms with E-state index >= 15 is 0 Å². The van der Waals surface area contributed by atoms with Gasteiger partial charge in [-0.05, 0) is 18.6 Å². The second-order valence-electron chi connectivity index (χ2n) is 3.01. The van der Waals surface area contributed by atoms with Crippen LogP contribution in [0.25, 0.3) is 0 Å². The van der Waals surface area contributed by atoms with Gasteiger partial charge in [0, 0.05) is 19.2 Å². The maximum atomic E-state index is 11.8. The zero-order chi connectivity index (χ0) is 11.3. The van der Waals surface area contributed by atoms with Gasteiger partial charge in [-0.25, -0.2) is 4.98 Å². The van der Waals surface area contributed by atoms with Crippen molar-refractivity contribution in [3.8, 4) is 0 Å². The number of alkyl halides is 3. The van der Waals surface area contributed by atoms with Crippen molar-refractivity contribution in [3.05, 3.63) is 23.4 Å². The van der Waals surface area contributed by atoms with Gasteiger partial charge in [0.15, 0.2) is 0 Å². The summed E-state index contributed by atoms with van der Waals surface area (Å²) in [6.07, 6.45) is -3.40. The fraction of sp³-hybridized carbons (Fsp3) is 0.444. The van der Waals surface area contributed by atoms with E-state index in [0.717, 1.165) is 0 Å². The van der Waals surface area contributed by atoms with E-state index in [1.807, 2.05) is 0 Å². The molecule has 1 aromatic heterocycles. The van der Waals surface area contributed by atoms with Crippen molar-refractivity contribution >= 4 is 17.4 Å². The van der Waals surface area contributed by atoms with Crippen molar-refractivity contribution < 1.29 is 13.2 Å². The number of aromatic nitrogens is 1. The van der Waals surface area contributed by atoms with Gasteiger partial charge in [0.1, 0.15) is 5.82 Å². The highest BCUT2D eigenvalue weighted by atomic mass is 35.5. The van der Waals surface area contributed by atoms with Crippen LogP contribution in [0.3, 0.4) is 0 Å². The van der Waals surface area contributed by atoms with E-state index in [2.05, 4.69) is 10.3 Å². The van der Waals surface area contributed by atoms with E-state index < -0.39 is 12.6 Å². The predicted molar refractivity (Wildman–Crippen MR) is 53.0 cm³/mol. The van der Waals surface area contributed by atoms with Crippen molar-refractivity contribution in [2.45, 2.75) is 19.0 Å². The highest BCUT2D eigenvalue weighted by Crippen LogP contribution is 2.21. The molecular formula is C9H10ClF3N2. The van der Waals surface area contributed by atoms with Crippen LogP contribution in [0.2, 0.25) is 5.02 Å². The third kappa shape index (κ3) is 5.47. The summed E-state index contributed by atoms with van der Waals surface area (Å²) < 4.78 is 35.3. The summed E-state index contributed by atoms with van der Waals surface area (Å²) in [6, 6.07) is 3.25. The van der Waals surface area contributed by atoms with Gasteiger partial charge < -0.3 is 5.32 Å². The summed E-state index contributed by atoms with van der Waals surface area (Å²) in [6.45, 7) is 0.244. The minimum atomic E-state index is -4.09. The standard InChI is InChI=1S/C9H10ClF3N2/c10-7-2-3-8(15-6-7)14-5-1-4-9(11,12)13/h2-3,6H,1,4-5H2,(H,14,15). The van der Waals surface area contributed by atoms with Gasteiger partial charge in [0.25, 0.3) is 0 Å². The van der Waals surface area contributed by atoms with Gasteiger partial charge >= 0.3 is 6.18 Å². The minimum Gasteiger partial charge on any atom is -0.370 e. The molecule has 2 nitrogen and oxygen atoms in total. The fourth-order valence-corrected chi connectivity index (χ4v) is 1.10. The Bertz CT molecular complexity index is 297. The molecule has 1 aromatic rings. The fourth-order valence-electron chi connectivity index (χ4n) is 0.986. The molecule has 0 unspecified atom stereocenters. The molecule has 0 aliphatic carbocycles. The van der Waals surface area contributed by atoms with E-state index in [-0.39, 0.29) is 13.0 Å². The first-order valence-electron chi connectivity index (χ1n) is 4.39. The van der Waals surface area contributed by atoms with Gasteiger partial charge in [-0.2, -0.15) is 13.2 Å². The normalized spacial score (nSPS) is 11.5. The second kappa shape index (κ2) is 5.21. The Morgan fingerprint density at radius 1 is 1.33 bits per heavy atom. The van der Waals surface area contributed by atoms with Crippen LogP contribution >= 0.6 is 11.6 Å². The molecule has 1 N–H and O–H groups in total. The lowest BCUT2D eigenvalue weighted by Gasteiger charge is -2.07. The zero-order valence-corrected chi connectivity index (χ0v) is 8.57. The molecule has 0 radical (unpaired) electrons. The Labute approximate surface area is 90.5 Å². The molecule has 6 heteroatoms. The van der Waals surface area contributed by atoms with Crippen LogP contribution in [0.4, 0.5) is 19.0 Å². The molecule has 0 saturated carbocycles. The Kier molecular flexibility index (Phi) is 4.20. The third-order valence-corrected chi connectivity index (χ3v) is 1.89. The Morgan fingerprint density at radius 3 is 2.60 bits per heavy atom. The maximum Gasteiger partial charge on any atom is 0.389 e. The van der Waals surface area contributed by atoms with Crippen LogP contribution in [-0.2, 0) is 0 Å². The second-order valence-corrected chi connectivity index (χ2v) is 3.44. The van der Waals surface area contributed by atoms with Crippen LogP contribution in [-0.4, -0.2) is 17.7 Å². The first-order valence-corrected chi connectivity index (χ1v) is 4.77. The van der Waals surface area contributed by atoms with E-state index in [4.69, 9.17) is 11.6 Å². The SMILES string of the molecule is FC(F)(F)CCCNc1ccc(Cl)cn1. The Morgan fingerprint density at radius 2 is 2.07 bits per heavy atom. The zero-order valence-electron chi connectivity index (χ0n) is 7.81. The molecule has 1 heterocycles. The van der Waals surface area contributed by atoms with E-state index in [9.17, 15) is 13.2 Å². The molecule has 0 aliphatic rings. The molecule has 0 aliphatic heterocycles. The van der Waals surface area contributed by atoms with Gasteiger partial charge in [-0.1, -0.05) is 11.6 Å². The molecule has 0 spiro atoms. The van der Waals surface area contributed by atoms with Crippen LogP contribution in [0.5, 0.6) is 0 Å². The monoisotopic (exact) mass is 238 g/mol. The minimum absolute atomic E-state index is 0.0355. The summed E-state index contributed by atoms with van der Waals surface area (Å²) in [7, 11) is 0. The van der Waals surface area contributed by atoms with Gasteiger partial charge in [0.2, 0.25) is 0 Å². The highest BCUT2D eigenvalue weighted by molar-refractivity contribution is 6.30. The first-order chi connectivity index (χ1) is 6.97. The van der Waals surface area contributed by atoms with E-state index in [1.165, 1.54) is 6.20 Å². The molecule has 0 amide bonds. The Balaban J connectivity index is 2.23. The van der Waals surface area contributed by atoms with Crippen molar-refractivity contribution in [2.24, 2.45) is 0 Å². The van der Waals surface area contributed by atoms with Crippen molar-refractivity contribution in [1.82, 2.24) is 4.98 Å². The number of hydrogen-bond acceptors (Lipinski definition) is 2. The van der Waals surface area contributed by atoms with Crippen LogP contribution < -0.4 is 5.32 Å². The van der Waals surface area contributed by atoms with Gasteiger partial charge in [-0.15, -0.1) is 0 Å². The topological polar surface area (TPSA) is 24.9 Å². The molecule has 0 saturated heterocycles. The first kappa shape index (κ1) is 12.1. The third-order valence-electron chi connectivity index (χ3n) is 1.67. The number of hydrogen-bond donors (Lipinski definition) is 1. The lowest BCUT2D eigenvalue weighted by molar-refractivity contribution is -0.134. The number of halogens is 4. The number of nitrogens with zero attached hydrogens (tertiary/aromatic N) is 1. The quantitative estimate of drug-likeness (QED) is 0.813. The average molecular weight is 239 g/mol. The lowest BCUT2D eigenvalue weighted by Crippen LogP contribution is -2.11. The predicted octanol–water partition coefficient (Wildman–Crippen LogP) is 3.49. The summed E-state index contributed by atoms with van der Waals surface area (Å²) >= 11 is 5.59. The van der Waals surface area contributed by atoms with Crippen LogP contribution in [0.1, 0.15) is 12.8 Å². The van der Waals surface area contributed by atoms with Gasteiger partial charge in [0.05, 0.1) is 5.02 Å². The summed E-state index contributed by atoms with van der Waals surface area (Å²) in [5.74, 6) is 0.529. The maximum absolute atomic E-state index is 11.8. The summed E-state index contributed by atoms with van der Waals surface area (Å²) in [4.78, 5) is 3.89. The average Bonchev–Trinajstić information content (AvgIpc) is 2.14. The molecular weight excluding hydrogens is 229 g/mol. The summed E-state index contributed by atoms with van der Waals surface area (Å²) in [5, 5.41) is 3.27. The molecule has 0 bridgehead atoms. The number of pyridine rings is 1. The number of anilines is 1. The molecule has 84 valence electrons.